The molecule has 2 aromatic carbocycles. The number of hydrogen-bond acceptors (Lipinski definition) is 3. The van der Waals surface area contributed by atoms with Gasteiger partial charge in [0.15, 0.2) is 0 Å². The minimum absolute atomic E-state index is 0.0400. The number of nitrogens with zero attached hydrogens (tertiary/aromatic N) is 1. The highest BCUT2D eigenvalue weighted by Crippen LogP contribution is 2.39. The molecule has 1 N–H and O–H groups in total. The van der Waals surface area contributed by atoms with Crippen LogP contribution in [0.2, 0.25) is 0 Å². The van der Waals surface area contributed by atoms with Crippen LogP contribution in [-0.4, -0.2) is 20.4 Å². The number of hydrogen-bond donors (Lipinski definition) is 1. The van der Waals surface area contributed by atoms with Crippen molar-refractivity contribution in [3.63, 3.8) is 0 Å². The highest BCUT2D eigenvalue weighted by molar-refractivity contribution is 7.89. The highest BCUT2D eigenvalue weighted by atomic mass is 32.2. The first kappa shape index (κ1) is 18.1. The maximum Gasteiger partial charge on any atom is 0.240 e. The number of amides is 1. The van der Waals surface area contributed by atoms with E-state index in [0.717, 1.165) is 24.1 Å². The van der Waals surface area contributed by atoms with E-state index in [-0.39, 0.29) is 35.1 Å². The second-order valence-electron chi connectivity index (χ2n) is 7.28. The Morgan fingerprint density at radius 2 is 1.89 bits per heavy atom. The van der Waals surface area contributed by atoms with E-state index < -0.39 is 10.0 Å². The molecule has 0 aromatic heterocycles. The number of sulfonamides is 1. The molecule has 0 bridgehead atoms. The van der Waals surface area contributed by atoms with Gasteiger partial charge in [0.1, 0.15) is 5.82 Å². The summed E-state index contributed by atoms with van der Waals surface area (Å²) in [6, 6.07) is 10.6. The Balaban J connectivity index is 1.53. The molecule has 5 nitrogen and oxygen atoms in total. The molecule has 1 heterocycles. The third-order valence-electron chi connectivity index (χ3n) is 5.12. The Bertz CT molecular complexity index is 985. The van der Waals surface area contributed by atoms with Crippen LogP contribution in [0.5, 0.6) is 0 Å². The summed E-state index contributed by atoms with van der Waals surface area (Å²) in [5.41, 5.74) is 2.37. The fourth-order valence-electron chi connectivity index (χ4n) is 3.50. The quantitative estimate of drug-likeness (QED) is 0.856. The Kier molecular flexibility index (Phi) is 4.52. The predicted octanol–water partition coefficient (Wildman–Crippen LogP) is 2.99. The van der Waals surface area contributed by atoms with Gasteiger partial charge in [-0.15, -0.1) is 0 Å². The fraction of sp³-hybridized carbons (Fsp3) is 0.350. The van der Waals surface area contributed by atoms with Gasteiger partial charge >= 0.3 is 0 Å². The Morgan fingerprint density at radius 3 is 2.56 bits per heavy atom. The molecule has 1 saturated carbocycles. The molecule has 2 aliphatic rings. The summed E-state index contributed by atoms with van der Waals surface area (Å²) in [5.74, 6) is -0.0925. The largest absolute Gasteiger partial charge is 0.309 e. The number of fused-ring (bicyclic) bond motifs is 1. The first-order valence-corrected chi connectivity index (χ1v) is 10.5. The normalized spacial score (nSPS) is 19.2. The van der Waals surface area contributed by atoms with Gasteiger partial charge in [-0.05, 0) is 67.6 Å². The zero-order valence-electron chi connectivity index (χ0n) is 15.0. The number of carbonyl (C=O) groups excluding carboxylic acids is 1. The molecule has 142 valence electrons. The van der Waals surface area contributed by atoms with E-state index in [0.29, 0.717) is 12.0 Å². The maximum atomic E-state index is 13.0. The van der Waals surface area contributed by atoms with Gasteiger partial charge in [-0.2, -0.15) is 0 Å². The second kappa shape index (κ2) is 6.73. The van der Waals surface area contributed by atoms with Gasteiger partial charge in [-0.1, -0.05) is 12.1 Å². The summed E-state index contributed by atoms with van der Waals surface area (Å²) in [4.78, 5) is 14.5. The predicted molar refractivity (Wildman–Crippen MR) is 100 cm³/mol. The van der Waals surface area contributed by atoms with Gasteiger partial charge in [0, 0.05) is 24.2 Å². The third kappa shape index (κ3) is 3.61. The molecule has 1 aliphatic carbocycles. The summed E-state index contributed by atoms with van der Waals surface area (Å²) >= 11 is 0. The van der Waals surface area contributed by atoms with Crippen molar-refractivity contribution in [3.8, 4) is 0 Å². The van der Waals surface area contributed by atoms with Gasteiger partial charge in [0.25, 0.3) is 0 Å². The van der Waals surface area contributed by atoms with Gasteiger partial charge < -0.3 is 4.90 Å². The lowest BCUT2D eigenvalue weighted by atomic mass is 10.1. The SMILES string of the molecule is C[C@@H]1Cc2cc(S(=O)(=O)NCc3ccc(F)cc3)ccc2N1C(=O)C1CC1. The van der Waals surface area contributed by atoms with Crippen LogP contribution >= 0.6 is 0 Å². The molecule has 1 fully saturated rings. The molecule has 0 unspecified atom stereocenters. The van der Waals surface area contributed by atoms with Crippen molar-refractivity contribution in [3.05, 3.63) is 59.4 Å². The molecule has 1 atom stereocenters. The highest BCUT2D eigenvalue weighted by Gasteiger charge is 2.39. The first-order chi connectivity index (χ1) is 12.8. The summed E-state index contributed by atoms with van der Waals surface area (Å²) in [7, 11) is -3.70. The number of nitrogens with one attached hydrogen (secondary N) is 1. The molecule has 2 aromatic rings. The van der Waals surface area contributed by atoms with Crippen LogP contribution in [-0.2, 0) is 27.8 Å². The molecule has 4 rings (SSSR count). The van der Waals surface area contributed by atoms with Crippen LogP contribution in [0.1, 0.15) is 30.9 Å². The monoisotopic (exact) mass is 388 g/mol. The molecule has 27 heavy (non-hydrogen) atoms. The summed E-state index contributed by atoms with van der Waals surface area (Å²) in [6.07, 6.45) is 2.53. The lowest BCUT2D eigenvalue weighted by Crippen LogP contribution is -2.36. The summed E-state index contributed by atoms with van der Waals surface area (Å²) in [6.45, 7) is 2.07. The lowest BCUT2D eigenvalue weighted by molar-refractivity contribution is -0.120. The molecular weight excluding hydrogens is 367 g/mol. The number of anilines is 1. The van der Waals surface area contributed by atoms with E-state index in [1.54, 1.807) is 24.3 Å². The fourth-order valence-corrected chi connectivity index (χ4v) is 4.57. The molecule has 7 heteroatoms. The molecule has 0 spiro atoms. The number of benzene rings is 2. The number of halogens is 1. The van der Waals surface area contributed by atoms with Crippen LogP contribution in [0.15, 0.2) is 47.4 Å². The van der Waals surface area contributed by atoms with Crippen molar-refractivity contribution in [2.45, 2.75) is 43.7 Å². The van der Waals surface area contributed by atoms with E-state index in [4.69, 9.17) is 0 Å². The van der Waals surface area contributed by atoms with E-state index in [1.807, 2.05) is 11.8 Å². The summed E-state index contributed by atoms with van der Waals surface area (Å²) in [5, 5.41) is 0. The Morgan fingerprint density at radius 1 is 1.19 bits per heavy atom. The van der Waals surface area contributed by atoms with Crippen LogP contribution in [0.25, 0.3) is 0 Å². The van der Waals surface area contributed by atoms with E-state index >= 15 is 0 Å². The summed E-state index contributed by atoms with van der Waals surface area (Å²) < 4.78 is 40.7. The molecular formula is C20H21FN2O3S. The molecule has 0 radical (unpaired) electrons. The Hall–Kier alpha value is -2.25. The smallest absolute Gasteiger partial charge is 0.240 e. The maximum absolute atomic E-state index is 13.0. The van der Waals surface area contributed by atoms with Gasteiger partial charge in [-0.25, -0.2) is 17.5 Å². The standard InChI is InChI=1S/C20H21FN2O3S/c1-13-10-16-11-18(8-9-19(16)23(13)20(24)15-4-5-15)27(25,26)22-12-14-2-6-17(21)7-3-14/h2-3,6-9,11,13,15,22H,4-5,10,12H2,1H3/t13-/m1/s1. The average Bonchev–Trinajstić information content (AvgIpc) is 3.43. The Labute approximate surface area is 158 Å². The minimum Gasteiger partial charge on any atom is -0.309 e. The average molecular weight is 388 g/mol. The van der Waals surface area contributed by atoms with Crippen LogP contribution < -0.4 is 9.62 Å². The number of rotatable bonds is 5. The van der Waals surface area contributed by atoms with Crippen molar-refractivity contribution in [2.75, 3.05) is 4.90 Å². The van der Waals surface area contributed by atoms with Gasteiger partial charge in [0.2, 0.25) is 15.9 Å². The van der Waals surface area contributed by atoms with Crippen molar-refractivity contribution in [2.24, 2.45) is 5.92 Å². The van der Waals surface area contributed by atoms with Crippen LogP contribution in [0.4, 0.5) is 10.1 Å². The van der Waals surface area contributed by atoms with E-state index in [9.17, 15) is 17.6 Å². The first-order valence-electron chi connectivity index (χ1n) is 9.05. The molecule has 1 amide bonds. The zero-order chi connectivity index (χ0) is 19.2. The van der Waals surface area contributed by atoms with Gasteiger partial charge in [-0.3, -0.25) is 4.79 Å². The molecule has 0 saturated heterocycles. The van der Waals surface area contributed by atoms with Gasteiger partial charge in [0.05, 0.1) is 4.90 Å². The van der Waals surface area contributed by atoms with E-state index in [1.165, 1.54) is 18.2 Å². The van der Waals surface area contributed by atoms with Crippen molar-refractivity contribution < 1.29 is 17.6 Å². The number of carbonyl (C=O) groups is 1. The second-order valence-corrected chi connectivity index (χ2v) is 9.04. The zero-order valence-corrected chi connectivity index (χ0v) is 15.8. The molecule has 1 aliphatic heterocycles. The van der Waals surface area contributed by atoms with Crippen molar-refractivity contribution >= 4 is 21.6 Å². The van der Waals surface area contributed by atoms with Crippen molar-refractivity contribution in [1.82, 2.24) is 4.72 Å². The lowest BCUT2D eigenvalue weighted by Gasteiger charge is -2.22. The topological polar surface area (TPSA) is 66.5 Å². The van der Waals surface area contributed by atoms with E-state index in [2.05, 4.69) is 4.72 Å². The third-order valence-corrected chi connectivity index (χ3v) is 6.52. The minimum atomic E-state index is -3.70. The van der Waals surface area contributed by atoms with Crippen molar-refractivity contribution in [1.29, 1.82) is 0 Å². The van der Waals surface area contributed by atoms with Crippen LogP contribution in [0, 0.1) is 11.7 Å². The van der Waals surface area contributed by atoms with Crippen LogP contribution in [0.3, 0.4) is 0 Å².